The summed E-state index contributed by atoms with van der Waals surface area (Å²) in [6.45, 7) is 1.59. The minimum atomic E-state index is -0.572. The second-order valence-corrected chi connectivity index (χ2v) is 6.68. The van der Waals surface area contributed by atoms with Gasteiger partial charge in [0.05, 0.1) is 12.8 Å². The Morgan fingerprint density at radius 3 is 2.74 bits per heavy atom. The van der Waals surface area contributed by atoms with E-state index in [4.69, 9.17) is 19.9 Å². The fraction of sp³-hybridized carbons (Fsp3) is 0.278. The topological polar surface area (TPSA) is 92.4 Å². The molecule has 0 bridgehead atoms. The van der Waals surface area contributed by atoms with Gasteiger partial charge >= 0.3 is 6.01 Å². The van der Waals surface area contributed by atoms with Crippen LogP contribution >= 0.6 is 11.3 Å². The van der Waals surface area contributed by atoms with E-state index in [1.807, 2.05) is 13.0 Å². The van der Waals surface area contributed by atoms with Gasteiger partial charge in [0.25, 0.3) is 0 Å². The van der Waals surface area contributed by atoms with Gasteiger partial charge in [-0.2, -0.15) is 4.98 Å². The van der Waals surface area contributed by atoms with Crippen molar-refractivity contribution in [3.8, 4) is 28.1 Å². The van der Waals surface area contributed by atoms with E-state index < -0.39 is 6.67 Å². The van der Waals surface area contributed by atoms with Gasteiger partial charge in [-0.25, -0.2) is 14.4 Å². The average Bonchev–Trinajstić information content (AvgIpc) is 3.05. The van der Waals surface area contributed by atoms with Gasteiger partial charge in [-0.3, -0.25) is 0 Å². The normalized spacial score (nSPS) is 10.6. The van der Waals surface area contributed by atoms with E-state index in [2.05, 4.69) is 15.0 Å². The molecule has 0 amide bonds. The van der Waals surface area contributed by atoms with Crippen molar-refractivity contribution in [1.82, 2.24) is 15.0 Å². The number of hydrogen-bond donors (Lipinski definition) is 1. The molecular weight excluding hydrogens is 371 g/mol. The molecule has 0 saturated heterocycles. The van der Waals surface area contributed by atoms with Gasteiger partial charge in [-0.1, -0.05) is 0 Å². The molecule has 0 saturated carbocycles. The van der Waals surface area contributed by atoms with Crippen molar-refractivity contribution in [2.75, 3.05) is 26.1 Å². The number of benzene rings is 1. The van der Waals surface area contributed by atoms with Crippen LogP contribution in [-0.2, 0) is 6.61 Å². The Morgan fingerprint density at radius 2 is 2.00 bits per heavy atom. The number of anilines is 1. The fourth-order valence-electron chi connectivity index (χ4n) is 2.31. The largest absolute Gasteiger partial charge is 0.493 e. The predicted molar refractivity (Wildman–Crippen MR) is 101 cm³/mol. The molecule has 7 nitrogen and oxygen atoms in total. The summed E-state index contributed by atoms with van der Waals surface area (Å²) < 4.78 is 28.7. The highest BCUT2D eigenvalue weighted by Crippen LogP contribution is 2.35. The number of methoxy groups -OCH3 is 1. The lowest BCUT2D eigenvalue weighted by atomic mass is 10.2. The minimum absolute atomic E-state index is 0.0317. The van der Waals surface area contributed by atoms with Gasteiger partial charge in [0.2, 0.25) is 0 Å². The first-order chi connectivity index (χ1) is 13.1. The molecule has 0 atom stereocenters. The molecular formula is C18H19FN4O3S. The third-order valence-corrected chi connectivity index (χ3v) is 4.69. The van der Waals surface area contributed by atoms with Gasteiger partial charge in [-0.15, -0.1) is 11.3 Å². The van der Waals surface area contributed by atoms with Gasteiger partial charge in [0.1, 0.15) is 30.7 Å². The molecule has 142 valence electrons. The Kier molecular flexibility index (Phi) is 6.02. The number of nitrogen functional groups attached to an aromatic ring is 1. The van der Waals surface area contributed by atoms with Gasteiger partial charge < -0.3 is 19.9 Å². The highest BCUT2D eigenvalue weighted by Gasteiger charge is 2.14. The predicted octanol–water partition coefficient (Wildman–Crippen LogP) is 3.43. The number of thiazole rings is 1. The lowest BCUT2D eigenvalue weighted by Gasteiger charge is -2.10. The molecule has 0 aliphatic heterocycles. The molecule has 0 aliphatic carbocycles. The number of hydrogen-bond acceptors (Lipinski definition) is 8. The fourth-order valence-corrected chi connectivity index (χ4v) is 3.23. The standard InChI is InChI=1S/C18H19FN4O3S/c1-11-13(10-26-18-21-7-5-16(20)23-18)22-17(27-11)12-3-4-14(24-2)15(9-12)25-8-6-19/h3-5,7,9H,6,8,10H2,1-2H3,(H2,20,21,23). The number of nitrogens with zero attached hydrogens (tertiary/aromatic N) is 3. The van der Waals surface area contributed by atoms with Crippen molar-refractivity contribution in [3.05, 3.63) is 41.0 Å². The first-order valence-corrected chi connectivity index (χ1v) is 8.97. The van der Waals surface area contributed by atoms with Crippen LogP contribution in [0.15, 0.2) is 30.5 Å². The van der Waals surface area contributed by atoms with E-state index >= 15 is 0 Å². The van der Waals surface area contributed by atoms with E-state index in [0.29, 0.717) is 17.3 Å². The Hall–Kier alpha value is -2.94. The van der Waals surface area contributed by atoms with E-state index in [0.717, 1.165) is 21.1 Å². The summed E-state index contributed by atoms with van der Waals surface area (Å²) in [6.07, 6.45) is 1.54. The quantitative estimate of drug-likeness (QED) is 0.630. The van der Waals surface area contributed by atoms with Crippen molar-refractivity contribution >= 4 is 17.2 Å². The maximum absolute atomic E-state index is 12.4. The Labute approximate surface area is 160 Å². The molecule has 0 fully saturated rings. The van der Waals surface area contributed by atoms with Crippen LogP contribution < -0.4 is 19.9 Å². The third kappa shape index (κ3) is 4.62. The van der Waals surface area contributed by atoms with Gasteiger partial charge in [0, 0.05) is 16.6 Å². The first-order valence-electron chi connectivity index (χ1n) is 8.15. The van der Waals surface area contributed by atoms with Crippen LogP contribution in [0.2, 0.25) is 0 Å². The second-order valence-electron chi connectivity index (χ2n) is 5.48. The summed E-state index contributed by atoms with van der Waals surface area (Å²) >= 11 is 1.52. The molecule has 9 heteroatoms. The van der Waals surface area contributed by atoms with Crippen molar-refractivity contribution in [3.63, 3.8) is 0 Å². The molecule has 2 heterocycles. The third-order valence-electron chi connectivity index (χ3n) is 3.63. The summed E-state index contributed by atoms with van der Waals surface area (Å²) in [5, 5.41) is 0.798. The smallest absolute Gasteiger partial charge is 0.318 e. The van der Waals surface area contributed by atoms with Crippen LogP contribution in [0.1, 0.15) is 10.6 Å². The Morgan fingerprint density at radius 1 is 1.15 bits per heavy atom. The molecule has 0 unspecified atom stereocenters. The van der Waals surface area contributed by atoms with Crippen LogP contribution in [-0.4, -0.2) is 35.3 Å². The van der Waals surface area contributed by atoms with Crippen molar-refractivity contribution in [2.24, 2.45) is 0 Å². The number of ether oxygens (including phenoxy) is 3. The summed E-state index contributed by atoms with van der Waals surface area (Å²) in [6, 6.07) is 7.24. The van der Waals surface area contributed by atoms with Crippen LogP contribution in [0, 0.1) is 6.92 Å². The van der Waals surface area contributed by atoms with E-state index in [9.17, 15) is 4.39 Å². The highest BCUT2D eigenvalue weighted by atomic mass is 32.1. The number of halogens is 1. The monoisotopic (exact) mass is 390 g/mol. The minimum Gasteiger partial charge on any atom is -0.493 e. The molecule has 2 N–H and O–H groups in total. The van der Waals surface area contributed by atoms with Crippen LogP contribution in [0.4, 0.5) is 10.2 Å². The lowest BCUT2D eigenvalue weighted by molar-refractivity contribution is 0.260. The summed E-state index contributed by atoms with van der Waals surface area (Å²) in [5.74, 6) is 1.36. The van der Waals surface area contributed by atoms with Crippen LogP contribution in [0.25, 0.3) is 10.6 Å². The van der Waals surface area contributed by atoms with E-state index in [1.165, 1.54) is 17.5 Å². The molecule has 3 rings (SSSR count). The van der Waals surface area contributed by atoms with E-state index in [1.54, 1.807) is 25.3 Å². The SMILES string of the molecule is COc1ccc(-c2nc(COc3nccc(N)n3)c(C)s2)cc1OCCF. The van der Waals surface area contributed by atoms with Crippen LogP contribution in [0.5, 0.6) is 17.5 Å². The summed E-state index contributed by atoms with van der Waals surface area (Å²) in [4.78, 5) is 13.7. The second kappa shape index (κ2) is 8.63. The Balaban J connectivity index is 1.79. The summed E-state index contributed by atoms with van der Waals surface area (Å²) in [5.41, 5.74) is 7.25. The number of alkyl halides is 1. The lowest BCUT2D eigenvalue weighted by Crippen LogP contribution is -2.02. The van der Waals surface area contributed by atoms with E-state index in [-0.39, 0.29) is 19.2 Å². The number of rotatable bonds is 8. The van der Waals surface area contributed by atoms with Gasteiger partial charge in [-0.05, 0) is 31.2 Å². The molecule has 3 aromatic rings. The van der Waals surface area contributed by atoms with Gasteiger partial charge in [0.15, 0.2) is 11.5 Å². The first kappa shape index (κ1) is 18.8. The maximum atomic E-state index is 12.4. The molecule has 0 aliphatic rings. The maximum Gasteiger partial charge on any atom is 0.318 e. The molecule has 1 aromatic carbocycles. The molecule has 0 spiro atoms. The zero-order valence-electron chi connectivity index (χ0n) is 14.9. The number of aromatic nitrogens is 3. The highest BCUT2D eigenvalue weighted by molar-refractivity contribution is 7.15. The zero-order chi connectivity index (χ0) is 19.2. The number of aryl methyl sites for hydroxylation is 1. The molecule has 0 radical (unpaired) electrons. The average molecular weight is 390 g/mol. The molecule has 2 aromatic heterocycles. The molecule has 27 heavy (non-hydrogen) atoms. The van der Waals surface area contributed by atoms with Crippen molar-refractivity contribution in [1.29, 1.82) is 0 Å². The van der Waals surface area contributed by atoms with Crippen molar-refractivity contribution < 1.29 is 18.6 Å². The van der Waals surface area contributed by atoms with Crippen LogP contribution in [0.3, 0.4) is 0 Å². The summed E-state index contributed by atoms with van der Waals surface area (Å²) in [7, 11) is 1.54. The Bertz CT molecular complexity index is 919. The van der Waals surface area contributed by atoms with Crippen molar-refractivity contribution in [2.45, 2.75) is 13.5 Å². The zero-order valence-corrected chi connectivity index (χ0v) is 15.8. The number of nitrogens with two attached hydrogens (primary N) is 1.